The highest BCUT2D eigenvalue weighted by atomic mass is 32.1. The van der Waals surface area contributed by atoms with E-state index in [1.165, 1.54) is 35.6 Å². The van der Waals surface area contributed by atoms with Crippen LogP contribution in [0.25, 0.3) is 0 Å². The molecule has 0 unspecified atom stereocenters. The summed E-state index contributed by atoms with van der Waals surface area (Å²) in [5, 5.41) is 11.9. The number of aromatic nitrogens is 2. The fraction of sp³-hybridized carbons (Fsp3) is 0.273. The first kappa shape index (κ1) is 20.9. The van der Waals surface area contributed by atoms with Crippen molar-refractivity contribution in [2.75, 3.05) is 25.5 Å². The molecule has 2 heterocycles. The van der Waals surface area contributed by atoms with Crippen LogP contribution < -0.4 is 10.1 Å². The topological polar surface area (TPSA) is 84.4 Å². The van der Waals surface area contributed by atoms with Crippen molar-refractivity contribution in [2.45, 2.75) is 18.8 Å². The highest BCUT2D eigenvalue weighted by Gasteiger charge is 2.29. The molecule has 1 aliphatic heterocycles. The highest BCUT2D eigenvalue weighted by molar-refractivity contribution is 7.13. The minimum absolute atomic E-state index is 0.0114. The smallest absolute Gasteiger partial charge is 0.286 e. The first-order chi connectivity index (χ1) is 15.0. The molecular weight excluding hydrogens is 419 g/mol. The molecule has 0 radical (unpaired) electrons. The highest BCUT2D eigenvalue weighted by Crippen LogP contribution is 2.31. The van der Waals surface area contributed by atoms with E-state index in [-0.39, 0.29) is 22.6 Å². The number of hydrogen-bond donors (Lipinski definition) is 1. The Balaban J connectivity index is 1.44. The van der Waals surface area contributed by atoms with E-state index in [4.69, 9.17) is 4.74 Å². The zero-order chi connectivity index (χ0) is 21.8. The predicted molar refractivity (Wildman–Crippen MR) is 115 cm³/mol. The molecule has 2 amide bonds. The second-order valence-electron chi connectivity index (χ2n) is 7.20. The van der Waals surface area contributed by atoms with Gasteiger partial charge in [-0.2, -0.15) is 0 Å². The first-order valence-corrected chi connectivity index (χ1v) is 10.7. The summed E-state index contributed by atoms with van der Waals surface area (Å²) in [6.45, 7) is 1.16. The number of para-hydroxylation sites is 1. The van der Waals surface area contributed by atoms with Gasteiger partial charge in [-0.05, 0) is 49.2 Å². The second kappa shape index (κ2) is 9.22. The molecule has 31 heavy (non-hydrogen) atoms. The quantitative estimate of drug-likeness (QED) is 0.649. The van der Waals surface area contributed by atoms with E-state index in [1.54, 1.807) is 24.1 Å². The molecule has 3 aromatic rings. The molecule has 2 aromatic carbocycles. The number of likely N-dealkylation sites (tertiary alicyclic amines) is 1. The zero-order valence-electron chi connectivity index (χ0n) is 16.9. The van der Waals surface area contributed by atoms with Gasteiger partial charge in [0.15, 0.2) is 0 Å². The average Bonchev–Trinajstić information content (AvgIpc) is 3.31. The Morgan fingerprint density at radius 1 is 1.16 bits per heavy atom. The number of benzene rings is 2. The van der Waals surface area contributed by atoms with Gasteiger partial charge in [0.2, 0.25) is 5.01 Å². The SMILES string of the molecule is COc1ccccc1C(=O)N1CCC[C@@H](c2nnc(C(=O)Nc3ccc(F)cc3)s2)C1. The Labute approximate surface area is 182 Å². The van der Waals surface area contributed by atoms with Crippen molar-refractivity contribution in [2.24, 2.45) is 0 Å². The van der Waals surface area contributed by atoms with Crippen molar-refractivity contribution in [3.8, 4) is 5.75 Å². The summed E-state index contributed by atoms with van der Waals surface area (Å²) in [5.74, 6) is -0.294. The molecule has 0 spiro atoms. The summed E-state index contributed by atoms with van der Waals surface area (Å²) >= 11 is 1.22. The zero-order valence-corrected chi connectivity index (χ0v) is 17.7. The third kappa shape index (κ3) is 4.72. The van der Waals surface area contributed by atoms with Crippen molar-refractivity contribution < 1.29 is 18.7 Å². The van der Waals surface area contributed by atoms with E-state index in [0.717, 1.165) is 17.8 Å². The Morgan fingerprint density at radius 2 is 1.94 bits per heavy atom. The number of amides is 2. The summed E-state index contributed by atoms with van der Waals surface area (Å²) < 4.78 is 18.3. The number of ether oxygens (including phenoxy) is 1. The van der Waals surface area contributed by atoms with Gasteiger partial charge in [-0.15, -0.1) is 10.2 Å². The molecule has 1 saturated heterocycles. The average molecular weight is 441 g/mol. The standard InChI is InChI=1S/C22H21FN4O3S/c1-30-18-7-3-2-6-17(18)22(29)27-12-4-5-14(13-27)20-25-26-21(31-20)19(28)24-16-10-8-15(23)9-11-16/h2-3,6-11,14H,4-5,12-13H2,1H3,(H,24,28)/t14-/m1/s1. The molecule has 1 fully saturated rings. The Hall–Kier alpha value is -3.33. The van der Waals surface area contributed by atoms with E-state index in [9.17, 15) is 14.0 Å². The Kier molecular flexibility index (Phi) is 6.22. The van der Waals surface area contributed by atoms with Gasteiger partial charge in [0.1, 0.15) is 16.6 Å². The monoisotopic (exact) mass is 440 g/mol. The molecule has 1 aromatic heterocycles. The van der Waals surface area contributed by atoms with Crippen LogP contribution in [0.2, 0.25) is 0 Å². The second-order valence-corrected chi connectivity index (χ2v) is 8.21. The van der Waals surface area contributed by atoms with Crippen LogP contribution in [0, 0.1) is 5.82 Å². The van der Waals surface area contributed by atoms with E-state index >= 15 is 0 Å². The van der Waals surface area contributed by atoms with Crippen LogP contribution in [-0.2, 0) is 0 Å². The molecule has 1 aliphatic rings. The minimum Gasteiger partial charge on any atom is -0.496 e. The third-order valence-corrected chi connectivity index (χ3v) is 6.22. The number of nitrogens with zero attached hydrogens (tertiary/aromatic N) is 3. The van der Waals surface area contributed by atoms with Gasteiger partial charge in [-0.25, -0.2) is 4.39 Å². The normalized spacial score (nSPS) is 16.1. The largest absolute Gasteiger partial charge is 0.496 e. The van der Waals surface area contributed by atoms with Crippen molar-refractivity contribution in [1.29, 1.82) is 0 Å². The number of halogens is 1. The fourth-order valence-corrected chi connectivity index (χ4v) is 4.43. The molecule has 1 atom stereocenters. The lowest BCUT2D eigenvalue weighted by Crippen LogP contribution is -2.39. The van der Waals surface area contributed by atoms with Crippen molar-refractivity contribution >= 4 is 28.8 Å². The summed E-state index contributed by atoms with van der Waals surface area (Å²) in [5.41, 5.74) is 1.01. The van der Waals surface area contributed by atoms with Crippen LogP contribution in [0.4, 0.5) is 10.1 Å². The molecular formula is C22H21FN4O3S. The lowest BCUT2D eigenvalue weighted by molar-refractivity contribution is 0.0703. The van der Waals surface area contributed by atoms with Crippen LogP contribution in [0.15, 0.2) is 48.5 Å². The Bertz CT molecular complexity index is 1090. The van der Waals surface area contributed by atoms with Crippen LogP contribution in [0.5, 0.6) is 5.75 Å². The molecule has 0 saturated carbocycles. The maximum absolute atomic E-state index is 13.0. The van der Waals surface area contributed by atoms with Crippen LogP contribution in [-0.4, -0.2) is 47.1 Å². The third-order valence-electron chi connectivity index (χ3n) is 5.13. The molecule has 1 N–H and O–H groups in total. The van der Waals surface area contributed by atoms with Gasteiger partial charge < -0.3 is 15.0 Å². The number of rotatable bonds is 5. The first-order valence-electron chi connectivity index (χ1n) is 9.88. The van der Waals surface area contributed by atoms with E-state index in [1.807, 2.05) is 12.1 Å². The van der Waals surface area contributed by atoms with Crippen LogP contribution in [0.3, 0.4) is 0 Å². The number of carbonyl (C=O) groups excluding carboxylic acids is 2. The lowest BCUT2D eigenvalue weighted by atomic mass is 9.98. The molecule has 0 bridgehead atoms. The number of carbonyl (C=O) groups is 2. The van der Waals surface area contributed by atoms with Gasteiger partial charge in [0.25, 0.3) is 11.8 Å². The molecule has 4 rings (SSSR count). The summed E-state index contributed by atoms with van der Waals surface area (Å²) in [6.07, 6.45) is 1.70. The van der Waals surface area contributed by atoms with E-state index < -0.39 is 5.91 Å². The predicted octanol–water partition coefficient (Wildman–Crippen LogP) is 3.96. The van der Waals surface area contributed by atoms with Crippen molar-refractivity contribution in [3.63, 3.8) is 0 Å². The summed E-state index contributed by atoms with van der Waals surface area (Å²) in [4.78, 5) is 27.3. The number of anilines is 1. The van der Waals surface area contributed by atoms with Crippen LogP contribution >= 0.6 is 11.3 Å². The van der Waals surface area contributed by atoms with Gasteiger partial charge in [0, 0.05) is 24.7 Å². The number of methoxy groups -OCH3 is 1. The molecule has 9 heteroatoms. The van der Waals surface area contributed by atoms with Crippen LogP contribution in [0.1, 0.15) is 43.9 Å². The number of hydrogen-bond acceptors (Lipinski definition) is 6. The Morgan fingerprint density at radius 3 is 2.71 bits per heavy atom. The molecule has 160 valence electrons. The van der Waals surface area contributed by atoms with Crippen molar-refractivity contribution in [1.82, 2.24) is 15.1 Å². The van der Waals surface area contributed by atoms with Gasteiger partial charge in [-0.3, -0.25) is 9.59 Å². The lowest BCUT2D eigenvalue weighted by Gasteiger charge is -2.32. The number of piperidine rings is 1. The fourth-order valence-electron chi connectivity index (χ4n) is 3.56. The number of nitrogens with one attached hydrogen (secondary N) is 1. The molecule has 0 aliphatic carbocycles. The van der Waals surface area contributed by atoms with E-state index in [0.29, 0.717) is 30.1 Å². The van der Waals surface area contributed by atoms with Gasteiger partial charge in [-0.1, -0.05) is 23.5 Å². The minimum atomic E-state index is -0.395. The summed E-state index contributed by atoms with van der Waals surface area (Å²) in [6, 6.07) is 12.7. The van der Waals surface area contributed by atoms with E-state index in [2.05, 4.69) is 15.5 Å². The summed E-state index contributed by atoms with van der Waals surface area (Å²) in [7, 11) is 1.55. The maximum Gasteiger partial charge on any atom is 0.286 e. The van der Waals surface area contributed by atoms with Crippen molar-refractivity contribution in [3.05, 3.63) is 69.9 Å². The van der Waals surface area contributed by atoms with Gasteiger partial charge >= 0.3 is 0 Å². The van der Waals surface area contributed by atoms with Gasteiger partial charge in [0.05, 0.1) is 12.7 Å². The molecule has 7 nitrogen and oxygen atoms in total. The maximum atomic E-state index is 13.0.